The fourth-order valence-corrected chi connectivity index (χ4v) is 0.992. The molecule has 0 radical (unpaired) electrons. The van der Waals surface area contributed by atoms with E-state index in [4.69, 9.17) is 5.73 Å². The van der Waals surface area contributed by atoms with E-state index < -0.39 is 0 Å². The zero-order valence-corrected chi connectivity index (χ0v) is 7.56. The molecule has 0 aliphatic rings. The van der Waals surface area contributed by atoms with E-state index >= 15 is 0 Å². The van der Waals surface area contributed by atoms with Crippen molar-refractivity contribution in [2.75, 3.05) is 6.54 Å². The van der Waals surface area contributed by atoms with Crippen LogP contribution in [0.1, 0.15) is 40.0 Å². The largest absolute Gasteiger partial charge is 0.330 e. The predicted octanol–water partition coefficient (Wildman–Crippen LogP) is 2.41. The average molecular weight is 143 g/mol. The van der Waals surface area contributed by atoms with Gasteiger partial charge in [-0.05, 0) is 24.8 Å². The Morgan fingerprint density at radius 3 is 2.10 bits per heavy atom. The van der Waals surface area contributed by atoms with Crippen molar-refractivity contribution in [1.82, 2.24) is 0 Å². The van der Waals surface area contributed by atoms with E-state index in [9.17, 15) is 0 Å². The third-order valence-corrected chi connectivity index (χ3v) is 1.88. The number of nitrogens with two attached hydrogens (primary N) is 1. The molecule has 1 atom stereocenters. The Morgan fingerprint density at radius 1 is 1.10 bits per heavy atom. The quantitative estimate of drug-likeness (QED) is 0.628. The highest BCUT2D eigenvalue weighted by molar-refractivity contribution is 4.54. The van der Waals surface area contributed by atoms with Crippen molar-refractivity contribution in [1.29, 1.82) is 0 Å². The van der Waals surface area contributed by atoms with Gasteiger partial charge in [-0.3, -0.25) is 0 Å². The molecule has 0 aromatic heterocycles. The van der Waals surface area contributed by atoms with Gasteiger partial charge in [-0.25, -0.2) is 0 Å². The Balaban J connectivity index is 3.03. The molecular weight excluding hydrogens is 122 g/mol. The van der Waals surface area contributed by atoms with Gasteiger partial charge in [0.25, 0.3) is 0 Å². The Kier molecular flexibility index (Phi) is 5.70. The lowest BCUT2D eigenvalue weighted by Gasteiger charge is -2.08. The van der Waals surface area contributed by atoms with Gasteiger partial charge in [-0.1, -0.05) is 33.6 Å². The van der Waals surface area contributed by atoms with Gasteiger partial charge in [0, 0.05) is 0 Å². The van der Waals surface area contributed by atoms with Crippen LogP contribution in [0, 0.1) is 11.8 Å². The Bertz CT molecular complexity index is 69.1. The second kappa shape index (κ2) is 5.72. The molecule has 1 nitrogen and oxygen atoms in total. The summed E-state index contributed by atoms with van der Waals surface area (Å²) < 4.78 is 0. The van der Waals surface area contributed by atoms with E-state index in [1.165, 1.54) is 19.3 Å². The Labute approximate surface area is 65.0 Å². The van der Waals surface area contributed by atoms with Crippen LogP contribution < -0.4 is 5.73 Å². The fourth-order valence-electron chi connectivity index (χ4n) is 0.992. The van der Waals surface area contributed by atoms with E-state index in [2.05, 4.69) is 20.8 Å². The van der Waals surface area contributed by atoms with Crippen LogP contribution in [-0.2, 0) is 0 Å². The zero-order chi connectivity index (χ0) is 7.98. The number of rotatable bonds is 5. The van der Waals surface area contributed by atoms with Gasteiger partial charge in [0.15, 0.2) is 0 Å². The van der Waals surface area contributed by atoms with Crippen LogP contribution in [0.15, 0.2) is 0 Å². The van der Waals surface area contributed by atoms with Gasteiger partial charge >= 0.3 is 0 Å². The molecule has 1 heteroatoms. The highest BCUT2D eigenvalue weighted by atomic mass is 14.5. The van der Waals surface area contributed by atoms with Crippen LogP contribution in [0.4, 0.5) is 0 Å². The summed E-state index contributed by atoms with van der Waals surface area (Å²) in [5.41, 5.74) is 5.49. The van der Waals surface area contributed by atoms with E-state index in [1.807, 2.05) is 0 Å². The Morgan fingerprint density at radius 2 is 1.70 bits per heavy atom. The molecule has 0 aromatic rings. The molecule has 0 heterocycles. The first kappa shape index (κ1) is 9.96. The average Bonchev–Trinajstić information content (AvgIpc) is 1.87. The summed E-state index contributed by atoms with van der Waals surface area (Å²) in [6.07, 6.45) is 4.00. The van der Waals surface area contributed by atoms with Crippen molar-refractivity contribution >= 4 is 0 Å². The SMILES string of the molecule is CC(C)CCC[C@H](C)CN. The van der Waals surface area contributed by atoms with Crippen molar-refractivity contribution in [3.63, 3.8) is 0 Å². The molecule has 10 heavy (non-hydrogen) atoms. The van der Waals surface area contributed by atoms with Crippen molar-refractivity contribution < 1.29 is 0 Å². The maximum Gasteiger partial charge on any atom is -0.00515 e. The first-order chi connectivity index (χ1) is 4.66. The van der Waals surface area contributed by atoms with Crippen LogP contribution in [0.3, 0.4) is 0 Å². The smallest absolute Gasteiger partial charge is 0.00515 e. The lowest BCUT2D eigenvalue weighted by molar-refractivity contribution is 0.464. The molecule has 0 bridgehead atoms. The van der Waals surface area contributed by atoms with Crippen LogP contribution >= 0.6 is 0 Å². The maximum atomic E-state index is 5.49. The second-order valence-electron chi connectivity index (χ2n) is 3.67. The molecule has 2 N–H and O–H groups in total. The van der Waals surface area contributed by atoms with Gasteiger partial charge in [-0.2, -0.15) is 0 Å². The molecule has 0 unspecified atom stereocenters. The van der Waals surface area contributed by atoms with Crippen molar-refractivity contribution in [2.45, 2.75) is 40.0 Å². The van der Waals surface area contributed by atoms with E-state index in [1.54, 1.807) is 0 Å². The zero-order valence-electron chi connectivity index (χ0n) is 7.56. The van der Waals surface area contributed by atoms with Gasteiger partial charge < -0.3 is 5.73 Å². The Hall–Kier alpha value is -0.0400. The van der Waals surface area contributed by atoms with Gasteiger partial charge in [-0.15, -0.1) is 0 Å². The van der Waals surface area contributed by atoms with Crippen molar-refractivity contribution in [3.8, 4) is 0 Å². The van der Waals surface area contributed by atoms with Crippen LogP contribution in [0.2, 0.25) is 0 Å². The number of hydrogen-bond donors (Lipinski definition) is 1. The first-order valence-electron chi connectivity index (χ1n) is 4.37. The summed E-state index contributed by atoms with van der Waals surface area (Å²) in [7, 11) is 0. The predicted molar refractivity (Wildman–Crippen MR) is 46.9 cm³/mol. The minimum Gasteiger partial charge on any atom is -0.330 e. The van der Waals surface area contributed by atoms with E-state index in [0.717, 1.165) is 18.4 Å². The summed E-state index contributed by atoms with van der Waals surface area (Å²) in [5.74, 6) is 1.57. The monoisotopic (exact) mass is 143 g/mol. The lowest BCUT2D eigenvalue weighted by atomic mass is 10.00. The normalized spacial score (nSPS) is 14.1. The maximum absolute atomic E-state index is 5.49. The van der Waals surface area contributed by atoms with E-state index in [-0.39, 0.29) is 0 Å². The topological polar surface area (TPSA) is 26.0 Å². The van der Waals surface area contributed by atoms with Crippen LogP contribution in [-0.4, -0.2) is 6.54 Å². The molecular formula is C9H21N. The first-order valence-corrected chi connectivity index (χ1v) is 4.37. The fraction of sp³-hybridized carbons (Fsp3) is 1.00. The highest BCUT2D eigenvalue weighted by Crippen LogP contribution is 2.10. The lowest BCUT2D eigenvalue weighted by Crippen LogP contribution is -2.10. The summed E-state index contributed by atoms with van der Waals surface area (Å²) in [4.78, 5) is 0. The minimum absolute atomic E-state index is 0.721. The molecule has 0 fully saturated rings. The molecule has 0 aliphatic carbocycles. The van der Waals surface area contributed by atoms with Crippen LogP contribution in [0.25, 0.3) is 0 Å². The third-order valence-electron chi connectivity index (χ3n) is 1.88. The van der Waals surface area contributed by atoms with Crippen molar-refractivity contribution in [3.05, 3.63) is 0 Å². The summed E-state index contributed by atoms with van der Waals surface area (Å²) in [5, 5.41) is 0. The molecule has 0 spiro atoms. The molecule has 0 saturated carbocycles. The second-order valence-corrected chi connectivity index (χ2v) is 3.67. The molecule has 62 valence electrons. The summed E-state index contributed by atoms with van der Waals surface area (Å²) >= 11 is 0. The molecule has 0 amide bonds. The summed E-state index contributed by atoms with van der Waals surface area (Å²) in [6, 6.07) is 0. The van der Waals surface area contributed by atoms with Gasteiger partial charge in [0.2, 0.25) is 0 Å². The van der Waals surface area contributed by atoms with Crippen molar-refractivity contribution in [2.24, 2.45) is 17.6 Å². The van der Waals surface area contributed by atoms with Crippen LogP contribution in [0.5, 0.6) is 0 Å². The molecule has 0 aromatic carbocycles. The standard InChI is InChI=1S/C9H21N/c1-8(2)5-4-6-9(3)7-10/h8-9H,4-7,10H2,1-3H3/t9-/m0/s1. The minimum atomic E-state index is 0.721. The molecule has 0 rings (SSSR count). The summed E-state index contributed by atoms with van der Waals surface area (Å²) in [6.45, 7) is 7.61. The van der Waals surface area contributed by atoms with Gasteiger partial charge in [0.05, 0.1) is 0 Å². The van der Waals surface area contributed by atoms with E-state index in [0.29, 0.717) is 0 Å². The highest BCUT2D eigenvalue weighted by Gasteiger charge is 1.99. The molecule has 0 saturated heterocycles. The third kappa shape index (κ3) is 6.09. The number of hydrogen-bond acceptors (Lipinski definition) is 1. The molecule has 0 aliphatic heterocycles. The van der Waals surface area contributed by atoms with Gasteiger partial charge in [0.1, 0.15) is 0 Å².